The second-order valence-electron chi connectivity index (χ2n) is 5.80. The minimum Gasteiger partial charge on any atom is -0.486 e. The molecule has 0 unspecified atom stereocenters. The first kappa shape index (κ1) is 13.9. The van der Waals surface area contributed by atoms with Gasteiger partial charge in [-0.15, -0.1) is 0 Å². The summed E-state index contributed by atoms with van der Waals surface area (Å²) in [5.41, 5.74) is 9.62. The van der Waals surface area contributed by atoms with Gasteiger partial charge in [0.2, 0.25) is 5.95 Å². The number of para-hydroxylation sites is 2. The summed E-state index contributed by atoms with van der Waals surface area (Å²) in [5.74, 6) is 2.56. The molecule has 0 atom stereocenters. The van der Waals surface area contributed by atoms with Crippen LogP contribution in [0.5, 0.6) is 11.5 Å². The van der Waals surface area contributed by atoms with Crippen LogP contribution in [0.3, 0.4) is 0 Å². The van der Waals surface area contributed by atoms with Crippen LogP contribution >= 0.6 is 0 Å². The average molecular weight is 333 g/mol. The van der Waals surface area contributed by atoms with Crippen molar-refractivity contribution in [1.29, 1.82) is 0 Å². The molecule has 0 saturated carbocycles. The monoisotopic (exact) mass is 333 g/mol. The van der Waals surface area contributed by atoms with Crippen LogP contribution in [0.2, 0.25) is 0 Å². The Morgan fingerprint density at radius 1 is 1.00 bits per heavy atom. The molecule has 1 aliphatic rings. The molecule has 0 radical (unpaired) electrons. The first-order valence-electron chi connectivity index (χ1n) is 7.99. The van der Waals surface area contributed by atoms with Crippen molar-refractivity contribution < 1.29 is 9.47 Å². The summed E-state index contributed by atoms with van der Waals surface area (Å²) in [4.78, 5) is 7.77. The Bertz CT molecular complexity index is 1050. The fraction of sp³-hybridized carbons (Fsp3) is 0.111. The highest BCUT2D eigenvalue weighted by Crippen LogP contribution is 2.34. The van der Waals surface area contributed by atoms with Gasteiger partial charge in [-0.3, -0.25) is 0 Å². The molecule has 0 spiro atoms. The molecule has 0 saturated heterocycles. The zero-order valence-electron chi connectivity index (χ0n) is 13.3. The number of rotatable bonds is 2. The molecule has 1 aliphatic heterocycles. The van der Waals surface area contributed by atoms with E-state index in [0.29, 0.717) is 25.0 Å². The highest BCUT2D eigenvalue weighted by molar-refractivity contribution is 5.76. The highest BCUT2D eigenvalue weighted by atomic mass is 16.6. The number of nitrogens with one attached hydrogen (secondary N) is 1. The topological polar surface area (TPSA) is 91.0 Å². The molecule has 7 heteroatoms. The highest BCUT2D eigenvalue weighted by Gasteiger charge is 2.16. The second-order valence-corrected chi connectivity index (χ2v) is 5.80. The van der Waals surface area contributed by atoms with Crippen LogP contribution in [0.15, 0.2) is 48.5 Å². The number of ether oxygens (including phenoxy) is 2. The van der Waals surface area contributed by atoms with E-state index in [9.17, 15) is 0 Å². The number of hydrogen-bond donors (Lipinski definition) is 2. The first-order chi connectivity index (χ1) is 12.3. The Balaban J connectivity index is 1.57. The molecule has 25 heavy (non-hydrogen) atoms. The minimum atomic E-state index is 0.504. The van der Waals surface area contributed by atoms with Crippen molar-refractivity contribution in [1.82, 2.24) is 19.7 Å². The van der Waals surface area contributed by atoms with E-state index in [0.717, 1.165) is 33.8 Å². The summed E-state index contributed by atoms with van der Waals surface area (Å²) in [5, 5.41) is 4.60. The van der Waals surface area contributed by atoms with E-state index in [2.05, 4.69) is 15.1 Å². The maximum atomic E-state index is 6.15. The van der Waals surface area contributed by atoms with Crippen LogP contribution in [-0.4, -0.2) is 33.0 Å². The number of nitrogen functional groups attached to an aromatic ring is 1. The van der Waals surface area contributed by atoms with Crippen molar-refractivity contribution >= 4 is 16.9 Å². The van der Waals surface area contributed by atoms with E-state index in [4.69, 9.17) is 15.2 Å². The number of nitrogens with two attached hydrogens (primary N) is 1. The molecular weight excluding hydrogens is 318 g/mol. The number of nitrogens with zero attached hydrogens (tertiary/aromatic N) is 3. The second kappa shape index (κ2) is 5.27. The largest absolute Gasteiger partial charge is 0.486 e. The van der Waals surface area contributed by atoms with Gasteiger partial charge >= 0.3 is 0 Å². The fourth-order valence-electron chi connectivity index (χ4n) is 2.95. The van der Waals surface area contributed by atoms with Gasteiger partial charge in [0.05, 0.1) is 16.7 Å². The normalized spacial score (nSPS) is 13.3. The van der Waals surface area contributed by atoms with Crippen molar-refractivity contribution in [3.05, 3.63) is 48.5 Å². The van der Waals surface area contributed by atoms with Gasteiger partial charge in [-0.05, 0) is 30.3 Å². The fourth-order valence-corrected chi connectivity index (χ4v) is 2.95. The third-order valence-electron chi connectivity index (χ3n) is 4.15. The predicted molar refractivity (Wildman–Crippen MR) is 94.1 cm³/mol. The van der Waals surface area contributed by atoms with Crippen LogP contribution in [0.1, 0.15) is 0 Å². The molecule has 0 bridgehead atoms. The lowest BCUT2D eigenvalue weighted by Gasteiger charge is -2.18. The van der Waals surface area contributed by atoms with E-state index >= 15 is 0 Å². The summed E-state index contributed by atoms with van der Waals surface area (Å²) in [6.07, 6.45) is 0. The quantitative estimate of drug-likeness (QED) is 0.588. The third-order valence-corrected chi connectivity index (χ3v) is 4.15. The van der Waals surface area contributed by atoms with E-state index < -0.39 is 0 Å². The molecule has 4 aromatic rings. The van der Waals surface area contributed by atoms with Crippen molar-refractivity contribution in [2.45, 2.75) is 0 Å². The molecule has 7 nitrogen and oxygen atoms in total. The Hall–Kier alpha value is -3.48. The van der Waals surface area contributed by atoms with E-state index in [1.165, 1.54) is 0 Å². The van der Waals surface area contributed by atoms with Gasteiger partial charge in [-0.25, -0.2) is 4.98 Å². The van der Waals surface area contributed by atoms with Gasteiger partial charge in [0.1, 0.15) is 19.0 Å². The van der Waals surface area contributed by atoms with Crippen molar-refractivity contribution in [2.24, 2.45) is 0 Å². The lowest BCUT2D eigenvalue weighted by molar-refractivity contribution is 0.171. The van der Waals surface area contributed by atoms with E-state index in [-0.39, 0.29) is 0 Å². The van der Waals surface area contributed by atoms with Gasteiger partial charge in [-0.2, -0.15) is 9.78 Å². The minimum absolute atomic E-state index is 0.504. The molecule has 3 heterocycles. The smallest absolute Gasteiger partial charge is 0.231 e. The summed E-state index contributed by atoms with van der Waals surface area (Å²) >= 11 is 0. The van der Waals surface area contributed by atoms with Gasteiger partial charge in [0.25, 0.3) is 0 Å². The van der Waals surface area contributed by atoms with Crippen LogP contribution in [-0.2, 0) is 0 Å². The van der Waals surface area contributed by atoms with Crippen molar-refractivity contribution in [3.63, 3.8) is 0 Å². The molecule has 5 rings (SSSR count). The van der Waals surface area contributed by atoms with E-state index in [1.807, 2.05) is 48.5 Å². The molecule has 0 amide bonds. The lowest BCUT2D eigenvalue weighted by Crippen LogP contribution is -2.15. The van der Waals surface area contributed by atoms with Crippen LogP contribution in [0.25, 0.3) is 28.2 Å². The number of H-pyrrole nitrogens is 1. The Labute approximate surface area is 143 Å². The number of hydrogen-bond acceptors (Lipinski definition) is 5. The third kappa shape index (κ3) is 2.28. The summed E-state index contributed by atoms with van der Waals surface area (Å²) in [7, 11) is 0. The summed E-state index contributed by atoms with van der Waals surface area (Å²) < 4.78 is 12.8. The number of anilines is 1. The van der Waals surface area contributed by atoms with Crippen molar-refractivity contribution in [2.75, 3.05) is 18.9 Å². The van der Waals surface area contributed by atoms with Gasteiger partial charge in [-0.1, -0.05) is 12.1 Å². The predicted octanol–water partition coefficient (Wildman–Crippen LogP) is 2.77. The molecule has 0 fully saturated rings. The first-order valence-corrected chi connectivity index (χ1v) is 7.99. The molecule has 3 N–H and O–H groups in total. The zero-order valence-corrected chi connectivity index (χ0v) is 13.3. The number of imidazole rings is 1. The lowest BCUT2D eigenvalue weighted by atomic mass is 10.1. The Morgan fingerprint density at radius 3 is 2.72 bits per heavy atom. The van der Waals surface area contributed by atoms with Crippen molar-refractivity contribution in [3.8, 4) is 28.7 Å². The molecule has 124 valence electrons. The molecule has 2 aromatic heterocycles. The van der Waals surface area contributed by atoms with Crippen LogP contribution < -0.4 is 15.2 Å². The number of aromatic nitrogens is 4. The number of fused-ring (bicyclic) bond motifs is 2. The molecular formula is C18H15N5O2. The van der Waals surface area contributed by atoms with Gasteiger partial charge in [0.15, 0.2) is 11.5 Å². The van der Waals surface area contributed by atoms with Crippen LogP contribution in [0, 0.1) is 0 Å². The number of aromatic amines is 1. The number of benzene rings is 2. The summed E-state index contributed by atoms with van der Waals surface area (Å²) in [6.45, 7) is 1.12. The SMILES string of the molecule is Nc1cc(-c2ccc3c(c2)OCCO3)nn1-c1nc2ccccc2[nH]1. The Kier molecular flexibility index (Phi) is 2.93. The van der Waals surface area contributed by atoms with Gasteiger partial charge < -0.3 is 20.2 Å². The zero-order chi connectivity index (χ0) is 16.8. The van der Waals surface area contributed by atoms with E-state index in [1.54, 1.807) is 4.68 Å². The van der Waals surface area contributed by atoms with Crippen LogP contribution in [0.4, 0.5) is 5.82 Å². The maximum Gasteiger partial charge on any atom is 0.231 e. The Morgan fingerprint density at radius 2 is 1.84 bits per heavy atom. The summed E-state index contributed by atoms with van der Waals surface area (Å²) in [6, 6.07) is 15.4. The standard InChI is InChI=1S/C18H15N5O2/c19-17-10-14(11-5-6-15-16(9-11)25-8-7-24-15)22-23(17)18-20-12-3-1-2-4-13(12)21-18/h1-6,9-10H,7-8,19H2,(H,20,21). The molecule has 0 aliphatic carbocycles. The van der Waals surface area contributed by atoms with Gasteiger partial charge in [0, 0.05) is 11.6 Å². The maximum absolute atomic E-state index is 6.15. The average Bonchev–Trinajstić information content (AvgIpc) is 3.24. The molecule has 2 aromatic carbocycles.